The summed E-state index contributed by atoms with van der Waals surface area (Å²) >= 11 is 0. The highest BCUT2D eigenvalue weighted by molar-refractivity contribution is 5.73. The fourth-order valence-electron chi connectivity index (χ4n) is 3.27. The van der Waals surface area contributed by atoms with E-state index in [0.717, 1.165) is 25.9 Å². The van der Waals surface area contributed by atoms with Crippen LogP contribution in [0.5, 0.6) is 0 Å². The predicted molar refractivity (Wildman–Crippen MR) is 81.9 cm³/mol. The Balaban J connectivity index is 1.68. The first-order chi connectivity index (χ1) is 9.60. The van der Waals surface area contributed by atoms with Gasteiger partial charge in [0.25, 0.3) is 0 Å². The van der Waals surface area contributed by atoms with Crippen molar-refractivity contribution >= 4 is 6.03 Å². The lowest BCUT2D eigenvalue weighted by molar-refractivity contribution is 0.143. The quantitative estimate of drug-likeness (QED) is 0.845. The fourth-order valence-corrected chi connectivity index (χ4v) is 3.27. The number of urea groups is 1. The molecule has 0 bridgehead atoms. The summed E-state index contributed by atoms with van der Waals surface area (Å²) in [5.41, 5.74) is 0. The molecule has 1 N–H and O–H groups in total. The lowest BCUT2D eigenvalue weighted by Gasteiger charge is -2.38. The van der Waals surface area contributed by atoms with Crippen LogP contribution in [0.25, 0.3) is 0 Å². The van der Waals surface area contributed by atoms with Crippen molar-refractivity contribution in [3.8, 4) is 0 Å². The van der Waals surface area contributed by atoms with Crippen molar-refractivity contribution in [2.45, 2.75) is 44.7 Å². The summed E-state index contributed by atoms with van der Waals surface area (Å²) in [6.45, 7) is 7.66. The van der Waals surface area contributed by atoms with Crippen LogP contribution in [0.4, 0.5) is 4.79 Å². The van der Waals surface area contributed by atoms with E-state index in [1.54, 1.807) is 4.90 Å². The van der Waals surface area contributed by atoms with Gasteiger partial charge in [-0.05, 0) is 45.3 Å². The van der Waals surface area contributed by atoms with Crippen LogP contribution in [0.2, 0.25) is 0 Å². The largest absolute Gasteiger partial charge is 0.331 e. The number of carbonyl (C=O) groups excluding carboxylic acids is 1. The second kappa shape index (κ2) is 7.27. The molecule has 0 atom stereocenters. The Morgan fingerprint density at radius 1 is 1.05 bits per heavy atom. The number of hydrogen-bond donors (Lipinski definition) is 1. The zero-order valence-electron chi connectivity index (χ0n) is 13.3. The molecular formula is C15H30N4O. The zero-order chi connectivity index (χ0) is 14.5. The maximum absolute atomic E-state index is 11.9. The second-order valence-electron chi connectivity index (χ2n) is 6.31. The summed E-state index contributed by atoms with van der Waals surface area (Å²) in [4.78, 5) is 18.1. The molecule has 0 aromatic rings. The minimum Gasteiger partial charge on any atom is -0.331 e. The van der Waals surface area contributed by atoms with Crippen molar-refractivity contribution < 1.29 is 4.79 Å². The molecule has 0 aromatic heterocycles. The highest BCUT2D eigenvalue weighted by Gasteiger charge is 2.26. The van der Waals surface area contributed by atoms with Gasteiger partial charge in [0.1, 0.15) is 0 Å². The average molecular weight is 282 g/mol. The Hall–Kier alpha value is -0.810. The topological polar surface area (TPSA) is 38.8 Å². The van der Waals surface area contributed by atoms with Crippen LogP contribution in [0.15, 0.2) is 0 Å². The molecule has 2 saturated heterocycles. The van der Waals surface area contributed by atoms with Crippen molar-refractivity contribution in [2.75, 3.05) is 46.8 Å². The fraction of sp³-hybridized carbons (Fsp3) is 0.933. The summed E-state index contributed by atoms with van der Waals surface area (Å²) < 4.78 is 0. The number of amides is 2. The predicted octanol–water partition coefficient (Wildman–Crippen LogP) is 1.21. The molecule has 2 aliphatic rings. The molecule has 20 heavy (non-hydrogen) atoms. The van der Waals surface area contributed by atoms with Crippen molar-refractivity contribution in [1.29, 1.82) is 0 Å². The third-order valence-corrected chi connectivity index (χ3v) is 4.65. The normalized spacial score (nSPS) is 23.1. The van der Waals surface area contributed by atoms with Crippen LogP contribution >= 0.6 is 0 Å². The van der Waals surface area contributed by atoms with Crippen LogP contribution in [0.1, 0.15) is 32.6 Å². The van der Waals surface area contributed by atoms with Gasteiger partial charge in [-0.3, -0.25) is 0 Å². The van der Waals surface area contributed by atoms with Gasteiger partial charge in [0.2, 0.25) is 0 Å². The summed E-state index contributed by atoms with van der Waals surface area (Å²) in [7, 11) is 3.66. The first-order valence-electron chi connectivity index (χ1n) is 8.04. The molecule has 0 saturated carbocycles. The molecule has 0 spiro atoms. The van der Waals surface area contributed by atoms with E-state index < -0.39 is 0 Å². The van der Waals surface area contributed by atoms with Crippen LogP contribution in [0, 0.1) is 0 Å². The number of rotatable bonds is 3. The number of hydrogen-bond acceptors (Lipinski definition) is 3. The number of nitrogens with one attached hydrogen (secondary N) is 1. The molecule has 2 aliphatic heterocycles. The molecule has 0 unspecified atom stereocenters. The van der Waals surface area contributed by atoms with Gasteiger partial charge in [-0.15, -0.1) is 0 Å². The maximum atomic E-state index is 11.9. The van der Waals surface area contributed by atoms with E-state index in [2.05, 4.69) is 17.1 Å². The number of piperidine rings is 2. The van der Waals surface area contributed by atoms with Gasteiger partial charge in [-0.25, -0.2) is 4.79 Å². The molecule has 0 radical (unpaired) electrons. The molecule has 2 amide bonds. The van der Waals surface area contributed by atoms with Gasteiger partial charge in [0.05, 0.1) is 0 Å². The third kappa shape index (κ3) is 4.09. The second-order valence-corrected chi connectivity index (χ2v) is 6.31. The highest BCUT2D eigenvalue weighted by Crippen LogP contribution is 2.16. The van der Waals surface area contributed by atoms with E-state index in [1.165, 1.54) is 32.5 Å². The number of carbonyl (C=O) groups is 1. The van der Waals surface area contributed by atoms with E-state index in [9.17, 15) is 4.79 Å². The van der Waals surface area contributed by atoms with Crippen LogP contribution in [-0.4, -0.2) is 79.6 Å². The lowest BCUT2D eigenvalue weighted by Crippen LogP contribution is -2.51. The van der Waals surface area contributed by atoms with E-state index in [-0.39, 0.29) is 6.03 Å². The summed E-state index contributed by atoms with van der Waals surface area (Å²) in [6.07, 6.45) is 4.72. The maximum Gasteiger partial charge on any atom is 0.319 e. The Morgan fingerprint density at radius 3 is 2.00 bits per heavy atom. The van der Waals surface area contributed by atoms with E-state index in [0.29, 0.717) is 12.1 Å². The van der Waals surface area contributed by atoms with Crippen LogP contribution < -0.4 is 5.32 Å². The van der Waals surface area contributed by atoms with Gasteiger partial charge in [0, 0.05) is 39.3 Å². The summed E-state index contributed by atoms with van der Waals surface area (Å²) in [5.74, 6) is 0. The van der Waals surface area contributed by atoms with Gasteiger partial charge in [0.15, 0.2) is 0 Å². The molecule has 0 aliphatic carbocycles. The molecule has 116 valence electrons. The van der Waals surface area contributed by atoms with Gasteiger partial charge >= 0.3 is 6.03 Å². The van der Waals surface area contributed by atoms with Crippen LogP contribution in [0.3, 0.4) is 0 Å². The lowest BCUT2D eigenvalue weighted by atomic mass is 9.99. The molecule has 5 heteroatoms. The molecule has 2 heterocycles. The van der Waals surface area contributed by atoms with E-state index in [1.807, 2.05) is 19.0 Å². The third-order valence-electron chi connectivity index (χ3n) is 4.65. The Kier molecular flexibility index (Phi) is 5.66. The van der Waals surface area contributed by atoms with Crippen molar-refractivity contribution in [3.63, 3.8) is 0 Å². The van der Waals surface area contributed by atoms with Crippen molar-refractivity contribution in [1.82, 2.24) is 20.0 Å². The zero-order valence-corrected chi connectivity index (χ0v) is 13.3. The molecule has 2 fully saturated rings. The van der Waals surface area contributed by atoms with Gasteiger partial charge in [-0.1, -0.05) is 6.92 Å². The van der Waals surface area contributed by atoms with E-state index >= 15 is 0 Å². The standard InChI is InChI=1S/C15H30N4O/c1-4-18-9-5-13(6-10-18)16-14-7-11-19(12-8-14)15(20)17(2)3/h13-14,16H,4-12H2,1-3H3. The summed E-state index contributed by atoms with van der Waals surface area (Å²) in [5, 5.41) is 3.81. The Labute approximate surface area is 123 Å². The number of likely N-dealkylation sites (tertiary alicyclic amines) is 2. The first-order valence-corrected chi connectivity index (χ1v) is 8.04. The Morgan fingerprint density at radius 2 is 1.55 bits per heavy atom. The Bertz CT molecular complexity index is 305. The summed E-state index contributed by atoms with van der Waals surface area (Å²) in [6, 6.07) is 1.43. The minimum absolute atomic E-state index is 0.153. The van der Waals surface area contributed by atoms with Gasteiger partial charge in [-0.2, -0.15) is 0 Å². The highest BCUT2D eigenvalue weighted by atomic mass is 16.2. The van der Waals surface area contributed by atoms with E-state index in [4.69, 9.17) is 0 Å². The first kappa shape index (κ1) is 15.6. The van der Waals surface area contributed by atoms with Crippen molar-refractivity contribution in [3.05, 3.63) is 0 Å². The van der Waals surface area contributed by atoms with Crippen LogP contribution in [-0.2, 0) is 0 Å². The molecule has 2 rings (SSSR count). The molecule has 5 nitrogen and oxygen atoms in total. The molecular weight excluding hydrogens is 252 g/mol. The minimum atomic E-state index is 0.153. The smallest absolute Gasteiger partial charge is 0.319 e. The van der Waals surface area contributed by atoms with Crippen molar-refractivity contribution in [2.24, 2.45) is 0 Å². The van der Waals surface area contributed by atoms with Gasteiger partial charge < -0.3 is 20.0 Å². The number of nitrogens with zero attached hydrogens (tertiary/aromatic N) is 3. The molecule has 0 aromatic carbocycles. The SMILES string of the molecule is CCN1CCC(NC2CCN(C(=O)N(C)C)CC2)CC1. The average Bonchev–Trinajstić information content (AvgIpc) is 2.48. The monoisotopic (exact) mass is 282 g/mol.